The second kappa shape index (κ2) is 8.29. The molecular formula is C19H22ClN3O3. The van der Waals surface area contributed by atoms with Crippen LogP contribution in [0.4, 0.5) is 11.4 Å². The number of piperazine rings is 1. The van der Waals surface area contributed by atoms with Crippen LogP contribution in [0.15, 0.2) is 42.5 Å². The Hall–Kier alpha value is -2.44. The van der Waals surface area contributed by atoms with Gasteiger partial charge in [-0.05, 0) is 42.5 Å². The molecule has 0 aliphatic carbocycles. The Balaban J connectivity index is 1.49. The van der Waals surface area contributed by atoms with Gasteiger partial charge in [0.2, 0.25) is 5.91 Å². The monoisotopic (exact) mass is 375 g/mol. The molecule has 1 fully saturated rings. The normalized spacial score (nSPS) is 14.9. The lowest BCUT2D eigenvalue weighted by atomic mass is 10.2. The second-order valence-electron chi connectivity index (χ2n) is 6.18. The van der Waals surface area contributed by atoms with Crippen LogP contribution in [0.2, 0.25) is 5.02 Å². The van der Waals surface area contributed by atoms with Crippen molar-refractivity contribution < 1.29 is 14.6 Å². The van der Waals surface area contributed by atoms with Gasteiger partial charge in [-0.3, -0.25) is 9.69 Å². The van der Waals surface area contributed by atoms with Gasteiger partial charge >= 0.3 is 0 Å². The van der Waals surface area contributed by atoms with Gasteiger partial charge in [0.05, 0.1) is 18.7 Å². The van der Waals surface area contributed by atoms with E-state index in [4.69, 9.17) is 16.3 Å². The number of benzene rings is 2. The molecule has 2 aromatic carbocycles. The lowest BCUT2D eigenvalue weighted by molar-refractivity contribution is -0.117. The summed E-state index contributed by atoms with van der Waals surface area (Å²) in [5, 5.41) is 12.7. The van der Waals surface area contributed by atoms with Gasteiger partial charge in [-0.25, -0.2) is 0 Å². The van der Waals surface area contributed by atoms with Gasteiger partial charge in [0.1, 0.15) is 11.5 Å². The van der Waals surface area contributed by atoms with Crippen molar-refractivity contribution >= 4 is 28.9 Å². The molecule has 0 radical (unpaired) electrons. The number of hydrogen-bond acceptors (Lipinski definition) is 5. The van der Waals surface area contributed by atoms with Gasteiger partial charge in [0.25, 0.3) is 0 Å². The summed E-state index contributed by atoms with van der Waals surface area (Å²) in [5.74, 6) is 0.780. The zero-order valence-electron chi connectivity index (χ0n) is 14.6. The van der Waals surface area contributed by atoms with E-state index in [9.17, 15) is 9.90 Å². The number of rotatable bonds is 5. The Kier molecular flexibility index (Phi) is 5.85. The van der Waals surface area contributed by atoms with Crippen LogP contribution in [0.25, 0.3) is 0 Å². The molecule has 1 heterocycles. The highest BCUT2D eigenvalue weighted by Crippen LogP contribution is 2.27. The van der Waals surface area contributed by atoms with Crippen LogP contribution in [0.3, 0.4) is 0 Å². The van der Waals surface area contributed by atoms with Crippen molar-refractivity contribution in [2.45, 2.75) is 0 Å². The molecule has 1 aliphatic rings. The predicted molar refractivity (Wildman–Crippen MR) is 103 cm³/mol. The third-order valence-electron chi connectivity index (χ3n) is 4.39. The number of methoxy groups -OCH3 is 1. The van der Waals surface area contributed by atoms with Crippen LogP contribution >= 0.6 is 11.6 Å². The van der Waals surface area contributed by atoms with Gasteiger partial charge in [-0.1, -0.05) is 11.6 Å². The molecule has 6 nitrogen and oxygen atoms in total. The van der Waals surface area contributed by atoms with Crippen LogP contribution in [0.1, 0.15) is 0 Å². The first-order valence-electron chi connectivity index (χ1n) is 8.45. The number of aromatic hydroxyl groups is 1. The average molecular weight is 376 g/mol. The van der Waals surface area contributed by atoms with Crippen LogP contribution in [0, 0.1) is 0 Å². The topological polar surface area (TPSA) is 65.0 Å². The van der Waals surface area contributed by atoms with Crippen molar-refractivity contribution in [3.63, 3.8) is 0 Å². The summed E-state index contributed by atoms with van der Waals surface area (Å²) in [6.07, 6.45) is 0. The number of ether oxygens (including phenoxy) is 1. The Morgan fingerprint density at radius 2 is 1.85 bits per heavy atom. The van der Waals surface area contributed by atoms with E-state index in [1.54, 1.807) is 37.4 Å². The van der Waals surface area contributed by atoms with Gasteiger partial charge in [0.15, 0.2) is 0 Å². The summed E-state index contributed by atoms with van der Waals surface area (Å²) in [6, 6.07) is 12.4. The van der Waals surface area contributed by atoms with E-state index in [1.165, 1.54) is 0 Å². The first-order chi connectivity index (χ1) is 12.5. The first-order valence-corrected chi connectivity index (χ1v) is 8.82. The maximum absolute atomic E-state index is 12.3. The van der Waals surface area contributed by atoms with E-state index in [1.807, 2.05) is 12.1 Å². The molecular weight excluding hydrogens is 354 g/mol. The SMILES string of the molecule is COc1ccc(NC(=O)CN2CCN(c3ccc(O)cc3)CC2)cc1Cl. The number of phenols is 1. The van der Waals surface area contributed by atoms with Crippen LogP contribution in [0.5, 0.6) is 11.5 Å². The van der Waals surface area contributed by atoms with Crippen molar-refractivity contribution in [1.82, 2.24) is 4.90 Å². The average Bonchev–Trinajstić information content (AvgIpc) is 2.63. The summed E-state index contributed by atoms with van der Waals surface area (Å²) in [6.45, 7) is 3.63. The van der Waals surface area contributed by atoms with Crippen molar-refractivity contribution in [2.75, 3.05) is 50.1 Å². The summed E-state index contributed by atoms with van der Waals surface area (Å²) in [4.78, 5) is 16.6. The van der Waals surface area contributed by atoms with Crippen molar-refractivity contribution in [3.8, 4) is 11.5 Å². The number of amides is 1. The number of anilines is 2. The van der Waals surface area contributed by atoms with Gasteiger partial charge in [-0.15, -0.1) is 0 Å². The smallest absolute Gasteiger partial charge is 0.238 e. The Morgan fingerprint density at radius 3 is 2.46 bits per heavy atom. The van der Waals surface area contributed by atoms with Gasteiger partial charge in [0, 0.05) is 37.6 Å². The highest BCUT2D eigenvalue weighted by atomic mass is 35.5. The molecule has 0 unspecified atom stereocenters. The zero-order valence-corrected chi connectivity index (χ0v) is 15.4. The lowest BCUT2D eigenvalue weighted by Gasteiger charge is -2.35. The van der Waals surface area contributed by atoms with E-state index in [-0.39, 0.29) is 11.7 Å². The highest BCUT2D eigenvalue weighted by molar-refractivity contribution is 6.32. The summed E-state index contributed by atoms with van der Waals surface area (Å²) in [5.41, 5.74) is 1.74. The number of nitrogens with one attached hydrogen (secondary N) is 1. The first kappa shape index (κ1) is 18.4. The molecule has 1 aliphatic heterocycles. The Labute approximate surface area is 157 Å². The van der Waals surface area contributed by atoms with Crippen molar-refractivity contribution in [2.24, 2.45) is 0 Å². The van der Waals surface area contributed by atoms with Crippen molar-refractivity contribution in [1.29, 1.82) is 0 Å². The number of halogens is 1. The minimum absolute atomic E-state index is 0.0654. The Morgan fingerprint density at radius 1 is 1.15 bits per heavy atom. The zero-order chi connectivity index (χ0) is 18.5. The van der Waals surface area contributed by atoms with Crippen LogP contribution in [-0.2, 0) is 4.79 Å². The fourth-order valence-corrected chi connectivity index (χ4v) is 3.23. The largest absolute Gasteiger partial charge is 0.508 e. The molecule has 1 amide bonds. The van der Waals surface area contributed by atoms with E-state index in [2.05, 4.69) is 15.1 Å². The second-order valence-corrected chi connectivity index (χ2v) is 6.58. The van der Waals surface area contributed by atoms with Gasteiger partial charge in [-0.2, -0.15) is 0 Å². The van der Waals surface area contributed by atoms with Gasteiger partial charge < -0.3 is 20.1 Å². The van der Waals surface area contributed by atoms with E-state index < -0.39 is 0 Å². The molecule has 0 aromatic heterocycles. The molecule has 0 atom stereocenters. The summed E-state index contributed by atoms with van der Waals surface area (Å²) >= 11 is 6.08. The maximum Gasteiger partial charge on any atom is 0.238 e. The third kappa shape index (κ3) is 4.59. The fourth-order valence-electron chi connectivity index (χ4n) is 2.98. The lowest BCUT2D eigenvalue weighted by Crippen LogP contribution is -2.48. The number of hydrogen-bond donors (Lipinski definition) is 2. The molecule has 0 saturated carbocycles. The molecule has 138 valence electrons. The highest BCUT2D eigenvalue weighted by Gasteiger charge is 2.19. The number of nitrogens with zero attached hydrogens (tertiary/aromatic N) is 2. The molecule has 2 aromatic rings. The van der Waals surface area contributed by atoms with E-state index >= 15 is 0 Å². The Bertz CT molecular complexity index is 759. The summed E-state index contributed by atoms with van der Waals surface area (Å²) in [7, 11) is 1.55. The standard InChI is InChI=1S/C19H22ClN3O3/c1-26-18-7-2-14(12-17(18)20)21-19(25)13-22-8-10-23(11-9-22)15-3-5-16(24)6-4-15/h2-7,12,24H,8-11,13H2,1H3,(H,21,25). The quantitative estimate of drug-likeness (QED) is 0.841. The fraction of sp³-hybridized carbons (Fsp3) is 0.316. The maximum atomic E-state index is 12.3. The number of carbonyl (C=O) groups excluding carboxylic acids is 1. The number of phenolic OH excluding ortho intramolecular Hbond substituents is 1. The van der Waals surface area contributed by atoms with E-state index in [0.29, 0.717) is 23.0 Å². The molecule has 1 saturated heterocycles. The molecule has 26 heavy (non-hydrogen) atoms. The van der Waals surface area contributed by atoms with E-state index in [0.717, 1.165) is 31.9 Å². The predicted octanol–water partition coefficient (Wildman–Crippen LogP) is 2.81. The molecule has 3 rings (SSSR count). The molecule has 7 heteroatoms. The molecule has 0 bridgehead atoms. The van der Waals surface area contributed by atoms with Crippen LogP contribution < -0.4 is 15.0 Å². The molecule has 0 spiro atoms. The van der Waals surface area contributed by atoms with Crippen LogP contribution in [-0.4, -0.2) is 55.7 Å². The minimum Gasteiger partial charge on any atom is -0.508 e. The van der Waals surface area contributed by atoms with Crippen molar-refractivity contribution in [3.05, 3.63) is 47.5 Å². The summed E-state index contributed by atoms with van der Waals surface area (Å²) < 4.78 is 5.11. The number of carbonyl (C=O) groups is 1. The molecule has 2 N–H and O–H groups in total. The third-order valence-corrected chi connectivity index (χ3v) is 4.69. The minimum atomic E-state index is -0.0654.